The van der Waals surface area contributed by atoms with Crippen LogP contribution in [-0.4, -0.2) is 57.4 Å². The molecule has 106 valence electrons. The molecule has 1 saturated heterocycles. The first-order chi connectivity index (χ1) is 9.22. The normalized spacial score (nSPS) is 20.4. The van der Waals surface area contributed by atoms with Gasteiger partial charge in [0.1, 0.15) is 5.76 Å². The topological polar surface area (TPSA) is 63.9 Å². The van der Waals surface area contributed by atoms with Crippen molar-refractivity contribution in [3.05, 3.63) is 23.7 Å². The van der Waals surface area contributed by atoms with Crippen LogP contribution in [0, 0.1) is 0 Å². The summed E-state index contributed by atoms with van der Waals surface area (Å²) in [5, 5.41) is 3.11. The number of carbonyl (C=O) groups is 1. The van der Waals surface area contributed by atoms with Crippen LogP contribution in [0.2, 0.25) is 0 Å². The van der Waals surface area contributed by atoms with Crippen molar-refractivity contribution in [2.45, 2.75) is 12.6 Å². The smallest absolute Gasteiger partial charge is 0.373 e. The van der Waals surface area contributed by atoms with Gasteiger partial charge in [-0.05, 0) is 19.2 Å². The molecule has 1 atom stereocenters. The van der Waals surface area contributed by atoms with Crippen LogP contribution in [0.25, 0.3) is 0 Å². The molecule has 0 aromatic carbocycles. The third-order valence-electron chi connectivity index (χ3n) is 3.08. The second-order valence-corrected chi connectivity index (χ2v) is 4.54. The van der Waals surface area contributed by atoms with Gasteiger partial charge in [-0.25, -0.2) is 4.79 Å². The Balaban J connectivity index is 1.89. The summed E-state index contributed by atoms with van der Waals surface area (Å²) in [4.78, 5) is 13.6. The Morgan fingerprint density at radius 1 is 1.58 bits per heavy atom. The zero-order valence-corrected chi connectivity index (χ0v) is 11.3. The minimum atomic E-state index is -0.443. The summed E-state index contributed by atoms with van der Waals surface area (Å²) >= 11 is 0. The highest BCUT2D eigenvalue weighted by atomic mass is 16.5. The Morgan fingerprint density at radius 3 is 3.16 bits per heavy atom. The molecular formula is C13H20N2O4. The summed E-state index contributed by atoms with van der Waals surface area (Å²) < 4.78 is 15.7. The molecule has 0 aliphatic carbocycles. The van der Waals surface area contributed by atoms with E-state index in [4.69, 9.17) is 9.15 Å². The molecule has 1 aromatic heterocycles. The lowest BCUT2D eigenvalue weighted by Crippen LogP contribution is -2.45. The highest BCUT2D eigenvalue weighted by Gasteiger charge is 2.21. The number of nitrogens with zero attached hydrogens (tertiary/aromatic N) is 1. The van der Waals surface area contributed by atoms with Gasteiger partial charge in [0.05, 0.1) is 26.4 Å². The molecule has 1 fully saturated rings. The number of esters is 1. The lowest BCUT2D eigenvalue weighted by molar-refractivity contribution is -0.0310. The van der Waals surface area contributed by atoms with E-state index in [0.717, 1.165) is 32.0 Å². The molecule has 6 heteroatoms. The van der Waals surface area contributed by atoms with Gasteiger partial charge >= 0.3 is 5.97 Å². The first-order valence-electron chi connectivity index (χ1n) is 6.38. The highest BCUT2D eigenvalue weighted by molar-refractivity contribution is 5.86. The van der Waals surface area contributed by atoms with Crippen LogP contribution in [0.4, 0.5) is 0 Å². The number of hydrogen-bond donors (Lipinski definition) is 1. The Morgan fingerprint density at radius 2 is 2.42 bits per heavy atom. The van der Waals surface area contributed by atoms with Crippen molar-refractivity contribution in [2.75, 3.05) is 40.4 Å². The number of methoxy groups -OCH3 is 1. The van der Waals surface area contributed by atoms with Crippen LogP contribution in [-0.2, 0) is 16.0 Å². The van der Waals surface area contributed by atoms with Gasteiger partial charge in [-0.1, -0.05) is 0 Å². The van der Waals surface area contributed by atoms with Crippen molar-refractivity contribution < 1.29 is 18.7 Å². The lowest BCUT2D eigenvalue weighted by atomic mass is 10.2. The quantitative estimate of drug-likeness (QED) is 0.784. The molecule has 1 aliphatic rings. The molecular weight excluding hydrogens is 248 g/mol. The number of morpholine rings is 1. The Labute approximate surface area is 112 Å². The number of likely N-dealkylation sites (N-methyl/N-ethyl adjacent to an activating group) is 1. The summed E-state index contributed by atoms with van der Waals surface area (Å²) in [5.74, 6) is 0.573. The molecule has 6 nitrogen and oxygen atoms in total. The van der Waals surface area contributed by atoms with Crippen molar-refractivity contribution in [2.24, 2.45) is 0 Å². The maximum absolute atomic E-state index is 11.3. The van der Waals surface area contributed by atoms with Gasteiger partial charge < -0.3 is 19.2 Å². The molecule has 1 aliphatic heterocycles. The minimum Gasteiger partial charge on any atom is -0.463 e. The van der Waals surface area contributed by atoms with Gasteiger partial charge in [0, 0.05) is 19.6 Å². The highest BCUT2D eigenvalue weighted by Crippen LogP contribution is 2.14. The summed E-state index contributed by atoms with van der Waals surface area (Å²) in [5.41, 5.74) is 0. The predicted molar refractivity (Wildman–Crippen MR) is 69.0 cm³/mol. The van der Waals surface area contributed by atoms with E-state index in [-0.39, 0.29) is 11.9 Å². The van der Waals surface area contributed by atoms with Gasteiger partial charge in [0.25, 0.3) is 0 Å². The van der Waals surface area contributed by atoms with Gasteiger partial charge in [-0.2, -0.15) is 0 Å². The van der Waals surface area contributed by atoms with E-state index in [1.807, 2.05) is 13.1 Å². The molecule has 0 spiro atoms. The van der Waals surface area contributed by atoms with E-state index in [1.54, 1.807) is 6.07 Å². The summed E-state index contributed by atoms with van der Waals surface area (Å²) in [6.07, 6.45) is 0.203. The maximum atomic E-state index is 11.3. The first-order valence-corrected chi connectivity index (χ1v) is 6.38. The standard InChI is InChI=1S/C13H20N2O4/c1-14-7-11-9-15(5-6-18-11)8-10-3-4-12(19-10)13(16)17-2/h3-4,11,14H,5-9H2,1-2H3. The van der Waals surface area contributed by atoms with Crippen LogP contribution in [0.1, 0.15) is 16.3 Å². The molecule has 0 amide bonds. The van der Waals surface area contributed by atoms with Crippen LogP contribution >= 0.6 is 0 Å². The second kappa shape index (κ2) is 6.70. The van der Waals surface area contributed by atoms with Gasteiger partial charge in [-0.15, -0.1) is 0 Å². The fourth-order valence-corrected chi connectivity index (χ4v) is 2.17. The summed E-state index contributed by atoms with van der Waals surface area (Å²) in [6, 6.07) is 3.46. The number of carbonyl (C=O) groups excluding carboxylic acids is 1. The monoisotopic (exact) mass is 268 g/mol. The fraction of sp³-hybridized carbons (Fsp3) is 0.615. The molecule has 2 heterocycles. The first kappa shape index (κ1) is 14.0. The van der Waals surface area contributed by atoms with Gasteiger partial charge in [0.2, 0.25) is 5.76 Å². The minimum absolute atomic E-state index is 0.203. The van der Waals surface area contributed by atoms with E-state index in [0.29, 0.717) is 6.54 Å². The van der Waals surface area contributed by atoms with Crippen LogP contribution in [0.15, 0.2) is 16.5 Å². The lowest BCUT2D eigenvalue weighted by Gasteiger charge is -2.32. The molecule has 1 N–H and O–H groups in total. The molecule has 2 rings (SSSR count). The average Bonchev–Trinajstić information content (AvgIpc) is 2.87. The zero-order chi connectivity index (χ0) is 13.7. The maximum Gasteiger partial charge on any atom is 0.373 e. The van der Waals surface area contributed by atoms with E-state index >= 15 is 0 Å². The number of nitrogens with one attached hydrogen (secondary N) is 1. The van der Waals surface area contributed by atoms with Gasteiger partial charge in [0.15, 0.2) is 0 Å². The van der Waals surface area contributed by atoms with E-state index < -0.39 is 5.97 Å². The third kappa shape index (κ3) is 3.79. The summed E-state index contributed by atoms with van der Waals surface area (Å²) in [6.45, 7) is 3.96. The molecule has 1 aromatic rings. The van der Waals surface area contributed by atoms with E-state index in [9.17, 15) is 4.79 Å². The van der Waals surface area contributed by atoms with Crippen molar-refractivity contribution in [3.8, 4) is 0 Å². The van der Waals surface area contributed by atoms with Gasteiger partial charge in [-0.3, -0.25) is 4.90 Å². The third-order valence-corrected chi connectivity index (χ3v) is 3.08. The molecule has 19 heavy (non-hydrogen) atoms. The number of ether oxygens (including phenoxy) is 2. The second-order valence-electron chi connectivity index (χ2n) is 4.54. The van der Waals surface area contributed by atoms with Crippen LogP contribution in [0.5, 0.6) is 0 Å². The van der Waals surface area contributed by atoms with E-state index in [2.05, 4.69) is 15.0 Å². The predicted octanol–water partition coefficient (Wildman–Crippen LogP) is 0.486. The number of hydrogen-bond acceptors (Lipinski definition) is 6. The number of rotatable bonds is 5. The number of furan rings is 1. The van der Waals surface area contributed by atoms with E-state index in [1.165, 1.54) is 7.11 Å². The largest absolute Gasteiger partial charge is 0.463 e. The average molecular weight is 268 g/mol. The Bertz CT molecular complexity index is 417. The van der Waals surface area contributed by atoms with Crippen LogP contribution in [0.3, 0.4) is 0 Å². The fourth-order valence-electron chi connectivity index (χ4n) is 2.17. The van der Waals surface area contributed by atoms with Crippen molar-refractivity contribution >= 4 is 5.97 Å². The van der Waals surface area contributed by atoms with Crippen molar-refractivity contribution in [3.63, 3.8) is 0 Å². The molecule has 0 radical (unpaired) electrons. The zero-order valence-electron chi connectivity index (χ0n) is 11.3. The Kier molecular flexibility index (Phi) is 4.95. The van der Waals surface area contributed by atoms with Crippen molar-refractivity contribution in [1.29, 1.82) is 0 Å². The molecule has 0 bridgehead atoms. The van der Waals surface area contributed by atoms with Crippen LogP contribution < -0.4 is 5.32 Å². The molecule has 1 unspecified atom stereocenters. The molecule has 0 saturated carbocycles. The Hall–Kier alpha value is -1.37. The SMILES string of the molecule is CNCC1CN(Cc2ccc(C(=O)OC)o2)CCO1. The summed E-state index contributed by atoms with van der Waals surface area (Å²) in [7, 11) is 3.26. The van der Waals surface area contributed by atoms with Crippen molar-refractivity contribution in [1.82, 2.24) is 10.2 Å².